The highest BCUT2D eigenvalue weighted by atomic mass is 16.5. The Labute approximate surface area is 126 Å². The van der Waals surface area contributed by atoms with Crippen molar-refractivity contribution in [3.63, 3.8) is 0 Å². The van der Waals surface area contributed by atoms with Crippen molar-refractivity contribution in [2.75, 3.05) is 48.7 Å². The second-order valence-corrected chi connectivity index (χ2v) is 4.44. The molecule has 0 aliphatic rings. The molecule has 0 aliphatic carbocycles. The van der Waals surface area contributed by atoms with E-state index in [4.69, 9.17) is 23.7 Å². The number of hydrogen-bond acceptors (Lipinski definition) is 6. The summed E-state index contributed by atoms with van der Waals surface area (Å²) in [5, 5.41) is 3.32. The second kappa shape index (κ2) is 9.44. The van der Waals surface area contributed by atoms with Gasteiger partial charge in [0.25, 0.3) is 0 Å². The third-order valence-electron chi connectivity index (χ3n) is 3.16. The molecule has 120 valence electrons. The molecule has 0 heterocycles. The first kappa shape index (κ1) is 17.6. The van der Waals surface area contributed by atoms with Crippen LogP contribution >= 0.6 is 0 Å². The van der Waals surface area contributed by atoms with Crippen LogP contribution in [-0.2, 0) is 16.0 Å². The Morgan fingerprint density at radius 3 is 2.19 bits per heavy atom. The van der Waals surface area contributed by atoms with Gasteiger partial charge in [-0.05, 0) is 6.07 Å². The molecule has 0 saturated heterocycles. The van der Waals surface area contributed by atoms with Crippen molar-refractivity contribution in [3.8, 4) is 17.2 Å². The predicted molar refractivity (Wildman–Crippen MR) is 80.5 cm³/mol. The van der Waals surface area contributed by atoms with Crippen molar-refractivity contribution in [1.29, 1.82) is 0 Å². The van der Waals surface area contributed by atoms with E-state index < -0.39 is 0 Å². The van der Waals surface area contributed by atoms with E-state index in [1.807, 2.05) is 12.1 Å². The van der Waals surface area contributed by atoms with E-state index >= 15 is 0 Å². The van der Waals surface area contributed by atoms with Gasteiger partial charge in [0.15, 0.2) is 11.5 Å². The largest absolute Gasteiger partial charge is 0.493 e. The molecule has 0 radical (unpaired) electrons. The lowest BCUT2D eigenvalue weighted by Gasteiger charge is -2.18. The summed E-state index contributed by atoms with van der Waals surface area (Å²) in [6, 6.07) is 3.81. The smallest absolute Gasteiger partial charge is 0.203 e. The van der Waals surface area contributed by atoms with Crippen LogP contribution in [0.2, 0.25) is 0 Å². The van der Waals surface area contributed by atoms with Gasteiger partial charge in [-0.25, -0.2) is 0 Å². The molecular formula is C15H25NO5. The molecule has 0 bridgehead atoms. The number of hydrogen-bond donors (Lipinski definition) is 1. The zero-order valence-electron chi connectivity index (χ0n) is 13.4. The maximum absolute atomic E-state index is 5.44. The molecular weight excluding hydrogens is 274 g/mol. The number of nitrogens with one attached hydrogen (secondary N) is 1. The van der Waals surface area contributed by atoms with Crippen LogP contribution in [0.5, 0.6) is 17.2 Å². The van der Waals surface area contributed by atoms with Crippen LogP contribution in [0.25, 0.3) is 0 Å². The Kier molecular flexibility index (Phi) is 7.89. The van der Waals surface area contributed by atoms with Gasteiger partial charge in [0.1, 0.15) is 0 Å². The van der Waals surface area contributed by atoms with E-state index in [2.05, 4.69) is 5.32 Å². The Morgan fingerprint density at radius 2 is 1.67 bits per heavy atom. The van der Waals surface area contributed by atoms with Crippen LogP contribution in [0.3, 0.4) is 0 Å². The average Bonchev–Trinajstić information content (AvgIpc) is 2.52. The predicted octanol–water partition coefficient (Wildman–Crippen LogP) is 1.46. The van der Waals surface area contributed by atoms with Crippen molar-refractivity contribution in [1.82, 2.24) is 5.32 Å². The van der Waals surface area contributed by atoms with Crippen LogP contribution < -0.4 is 19.5 Å². The zero-order valence-corrected chi connectivity index (χ0v) is 13.4. The van der Waals surface area contributed by atoms with Crippen LogP contribution in [0.15, 0.2) is 12.1 Å². The molecule has 0 aromatic heterocycles. The first-order valence-electron chi connectivity index (χ1n) is 6.72. The molecule has 1 aromatic carbocycles. The fraction of sp³-hybridized carbons (Fsp3) is 0.600. The summed E-state index contributed by atoms with van der Waals surface area (Å²) in [7, 11) is 8.13. The third kappa shape index (κ3) is 4.77. The monoisotopic (exact) mass is 299 g/mol. The van der Waals surface area contributed by atoms with Crippen LogP contribution in [-0.4, -0.2) is 54.8 Å². The van der Waals surface area contributed by atoms with E-state index in [1.165, 1.54) is 0 Å². The molecule has 0 spiro atoms. The molecule has 0 aliphatic heterocycles. The van der Waals surface area contributed by atoms with Gasteiger partial charge in [0.05, 0.1) is 34.0 Å². The van der Waals surface area contributed by atoms with E-state index in [-0.39, 0.29) is 6.10 Å². The van der Waals surface area contributed by atoms with Gasteiger partial charge in [0, 0.05) is 32.9 Å². The summed E-state index contributed by atoms with van der Waals surface area (Å²) in [5.74, 6) is 1.91. The highest BCUT2D eigenvalue weighted by molar-refractivity contribution is 5.55. The highest BCUT2D eigenvalue weighted by Crippen LogP contribution is 2.39. The maximum atomic E-state index is 5.44. The Balaban J connectivity index is 2.75. The summed E-state index contributed by atoms with van der Waals surface area (Å²) in [6.07, 6.45) is 0.0149. The van der Waals surface area contributed by atoms with Crippen molar-refractivity contribution in [3.05, 3.63) is 17.7 Å². The molecule has 6 nitrogen and oxygen atoms in total. The number of methoxy groups -OCH3 is 5. The fourth-order valence-electron chi connectivity index (χ4n) is 2.07. The zero-order chi connectivity index (χ0) is 15.7. The molecule has 0 fully saturated rings. The molecule has 6 heteroatoms. The van der Waals surface area contributed by atoms with E-state index in [0.717, 1.165) is 5.56 Å². The van der Waals surface area contributed by atoms with Gasteiger partial charge in [-0.3, -0.25) is 0 Å². The van der Waals surface area contributed by atoms with E-state index in [9.17, 15) is 0 Å². The van der Waals surface area contributed by atoms with E-state index in [1.54, 1.807) is 35.5 Å². The van der Waals surface area contributed by atoms with Crippen molar-refractivity contribution < 1.29 is 23.7 Å². The minimum absolute atomic E-state index is 0.0149. The summed E-state index contributed by atoms with van der Waals surface area (Å²) < 4.78 is 26.5. The van der Waals surface area contributed by atoms with Crippen LogP contribution in [0.1, 0.15) is 5.56 Å². The van der Waals surface area contributed by atoms with Gasteiger partial charge in [-0.15, -0.1) is 0 Å². The molecule has 0 saturated carbocycles. The fourth-order valence-corrected chi connectivity index (χ4v) is 2.07. The topological polar surface area (TPSA) is 58.2 Å². The minimum atomic E-state index is 0.0149. The molecule has 1 unspecified atom stereocenters. The molecule has 1 atom stereocenters. The molecule has 1 rings (SSSR count). The van der Waals surface area contributed by atoms with Crippen molar-refractivity contribution >= 4 is 0 Å². The number of rotatable bonds is 10. The van der Waals surface area contributed by atoms with Crippen molar-refractivity contribution in [2.45, 2.75) is 12.6 Å². The van der Waals surface area contributed by atoms with Gasteiger partial charge in [0.2, 0.25) is 5.75 Å². The summed E-state index contributed by atoms with van der Waals surface area (Å²) in [4.78, 5) is 0. The second-order valence-electron chi connectivity index (χ2n) is 4.44. The standard InChI is InChI=1S/C15H25NO5/c1-17-10-12(18-2)9-16-8-11-6-7-13(19-3)15(21-5)14(11)20-4/h6-7,12,16H,8-10H2,1-5H3. The van der Waals surface area contributed by atoms with Crippen LogP contribution in [0, 0.1) is 0 Å². The normalized spacial score (nSPS) is 12.0. The Morgan fingerprint density at radius 1 is 0.952 bits per heavy atom. The van der Waals surface area contributed by atoms with E-state index in [0.29, 0.717) is 36.9 Å². The first-order valence-corrected chi connectivity index (χ1v) is 6.72. The molecule has 0 amide bonds. The number of ether oxygens (including phenoxy) is 5. The van der Waals surface area contributed by atoms with Gasteiger partial charge in [-0.2, -0.15) is 0 Å². The highest BCUT2D eigenvalue weighted by Gasteiger charge is 2.16. The minimum Gasteiger partial charge on any atom is -0.493 e. The Bertz CT molecular complexity index is 425. The van der Waals surface area contributed by atoms with Gasteiger partial charge in [-0.1, -0.05) is 6.07 Å². The van der Waals surface area contributed by atoms with Crippen molar-refractivity contribution in [2.24, 2.45) is 0 Å². The Hall–Kier alpha value is -1.50. The lowest BCUT2D eigenvalue weighted by Crippen LogP contribution is -2.31. The number of benzene rings is 1. The lowest BCUT2D eigenvalue weighted by atomic mass is 10.1. The third-order valence-corrected chi connectivity index (χ3v) is 3.16. The lowest BCUT2D eigenvalue weighted by molar-refractivity contribution is 0.0287. The maximum Gasteiger partial charge on any atom is 0.203 e. The molecule has 21 heavy (non-hydrogen) atoms. The van der Waals surface area contributed by atoms with Gasteiger partial charge >= 0.3 is 0 Å². The molecule has 1 N–H and O–H groups in total. The SMILES string of the molecule is COCC(CNCc1ccc(OC)c(OC)c1OC)OC. The van der Waals surface area contributed by atoms with Crippen LogP contribution in [0.4, 0.5) is 0 Å². The molecule has 1 aromatic rings. The summed E-state index contributed by atoms with van der Waals surface area (Å²) in [6.45, 7) is 1.86. The quantitative estimate of drug-likeness (QED) is 0.706. The first-order chi connectivity index (χ1) is 10.2. The summed E-state index contributed by atoms with van der Waals surface area (Å²) in [5.41, 5.74) is 0.988. The average molecular weight is 299 g/mol. The summed E-state index contributed by atoms with van der Waals surface area (Å²) >= 11 is 0. The van der Waals surface area contributed by atoms with Gasteiger partial charge < -0.3 is 29.0 Å².